The first-order valence-corrected chi connectivity index (χ1v) is 7.26. The van der Waals surface area contributed by atoms with Gasteiger partial charge in [0.2, 0.25) is 0 Å². The summed E-state index contributed by atoms with van der Waals surface area (Å²) in [5.41, 5.74) is 1.48. The van der Waals surface area contributed by atoms with Gasteiger partial charge in [0, 0.05) is 5.69 Å². The molecular formula is C14H10Cl4FN. The Morgan fingerprint density at radius 2 is 1.65 bits per heavy atom. The van der Waals surface area contributed by atoms with Crippen molar-refractivity contribution < 1.29 is 4.39 Å². The normalized spacial score (nSPS) is 12.3. The monoisotopic (exact) mass is 351 g/mol. The number of halogens is 5. The highest BCUT2D eigenvalue weighted by Gasteiger charge is 2.14. The Morgan fingerprint density at radius 1 is 0.950 bits per heavy atom. The van der Waals surface area contributed by atoms with E-state index in [4.69, 9.17) is 46.4 Å². The molecule has 2 rings (SSSR count). The van der Waals surface area contributed by atoms with Gasteiger partial charge in [-0.25, -0.2) is 4.39 Å². The van der Waals surface area contributed by atoms with Gasteiger partial charge in [-0.15, -0.1) is 0 Å². The molecule has 0 amide bonds. The number of hydrogen-bond acceptors (Lipinski definition) is 1. The molecule has 2 aromatic carbocycles. The molecule has 0 aliphatic heterocycles. The average molecular weight is 353 g/mol. The number of anilines is 1. The Hall–Kier alpha value is -0.670. The first-order chi connectivity index (χ1) is 9.40. The third-order valence-corrected chi connectivity index (χ3v) is 4.43. The fourth-order valence-electron chi connectivity index (χ4n) is 1.79. The predicted octanol–water partition coefficient (Wildman–Crippen LogP) is 6.61. The Kier molecular flexibility index (Phi) is 5.03. The number of benzene rings is 2. The maximum Gasteiger partial charge on any atom is 0.141 e. The van der Waals surface area contributed by atoms with Gasteiger partial charge >= 0.3 is 0 Å². The van der Waals surface area contributed by atoms with Crippen LogP contribution in [0.25, 0.3) is 0 Å². The summed E-state index contributed by atoms with van der Waals surface area (Å²) in [6.07, 6.45) is 0. The molecule has 0 spiro atoms. The van der Waals surface area contributed by atoms with Crippen molar-refractivity contribution in [2.45, 2.75) is 13.0 Å². The van der Waals surface area contributed by atoms with E-state index in [-0.39, 0.29) is 11.1 Å². The third kappa shape index (κ3) is 3.32. The van der Waals surface area contributed by atoms with E-state index in [1.807, 2.05) is 6.92 Å². The highest BCUT2D eigenvalue weighted by molar-refractivity contribution is 6.48. The average Bonchev–Trinajstić information content (AvgIpc) is 2.40. The maximum absolute atomic E-state index is 13.1. The zero-order chi connectivity index (χ0) is 14.9. The Bertz CT molecular complexity index is 645. The first kappa shape index (κ1) is 15.7. The second kappa shape index (κ2) is 6.40. The van der Waals surface area contributed by atoms with E-state index in [0.717, 1.165) is 5.56 Å². The predicted molar refractivity (Wildman–Crippen MR) is 84.9 cm³/mol. The smallest absolute Gasteiger partial charge is 0.141 e. The van der Waals surface area contributed by atoms with Crippen molar-refractivity contribution in [3.05, 3.63) is 61.8 Å². The molecule has 1 atom stereocenters. The number of rotatable bonds is 3. The topological polar surface area (TPSA) is 12.0 Å². The second-order valence-corrected chi connectivity index (χ2v) is 5.83. The summed E-state index contributed by atoms with van der Waals surface area (Å²) >= 11 is 23.8. The van der Waals surface area contributed by atoms with Gasteiger partial charge in [0.05, 0.1) is 26.1 Å². The maximum atomic E-state index is 13.1. The van der Waals surface area contributed by atoms with Crippen molar-refractivity contribution in [2.75, 3.05) is 5.32 Å². The van der Waals surface area contributed by atoms with Gasteiger partial charge < -0.3 is 5.32 Å². The summed E-state index contributed by atoms with van der Waals surface area (Å²) in [5, 5.41) is 4.35. The molecule has 0 aromatic heterocycles. The van der Waals surface area contributed by atoms with E-state index in [9.17, 15) is 4.39 Å². The number of hydrogen-bond donors (Lipinski definition) is 1. The van der Waals surface area contributed by atoms with Crippen LogP contribution in [0.3, 0.4) is 0 Å². The van der Waals surface area contributed by atoms with E-state index in [0.29, 0.717) is 20.8 Å². The van der Waals surface area contributed by atoms with Crippen LogP contribution in [0.4, 0.5) is 10.1 Å². The lowest BCUT2D eigenvalue weighted by Gasteiger charge is -2.18. The van der Waals surface area contributed by atoms with Gasteiger partial charge in [0.1, 0.15) is 5.82 Å². The Labute approximate surface area is 136 Å². The molecule has 0 bridgehead atoms. The van der Waals surface area contributed by atoms with Crippen molar-refractivity contribution in [1.82, 2.24) is 0 Å². The van der Waals surface area contributed by atoms with Gasteiger partial charge in [0.25, 0.3) is 0 Å². The Morgan fingerprint density at radius 3 is 2.30 bits per heavy atom. The molecule has 20 heavy (non-hydrogen) atoms. The Balaban J connectivity index is 2.26. The number of nitrogens with one attached hydrogen (secondary N) is 1. The molecule has 0 aliphatic carbocycles. The van der Waals surface area contributed by atoms with Crippen LogP contribution >= 0.6 is 46.4 Å². The van der Waals surface area contributed by atoms with Crippen LogP contribution in [0, 0.1) is 5.82 Å². The van der Waals surface area contributed by atoms with Gasteiger partial charge in [-0.3, -0.25) is 0 Å². The summed E-state index contributed by atoms with van der Waals surface area (Å²) in [4.78, 5) is 0. The van der Waals surface area contributed by atoms with Crippen molar-refractivity contribution in [1.29, 1.82) is 0 Å². The van der Waals surface area contributed by atoms with Crippen LogP contribution in [-0.2, 0) is 0 Å². The summed E-state index contributed by atoms with van der Waals surface area (Å²) in [5.74, 6) is -0.461. The SMILES string of the molecule is CC(Nc1ccc(F)c(Cl)c1)c1ccc(Cl)c(Cl)c1Cl. The molecule has 1 unspecified atom stereocenters. The van der Waals surface area contributed by atoms with E-state index < -0.39 is 5.82 Å². The van der Waals surface area contributed by atoms with Crippen LogP contribution in [0.1, 0.15) is 18.5 Å². The third-order valence-electron chi connectivity index (χ3n) is 2.83. The fraction of sp³-hybridized carbons (Fsp3) is 0.143. The molecule has 2 aromatic rings. The lowest BCUT2D eigenvalue weighted by molar-refractivity contribution is 0.628. The van der Waals surface area contributed by atoms with E-state index in [2.05, 4.69) is 5.32 Å². The van der Waals surface area contributed by atoms with Gasteiger partial charge in [-0.1, -0.05) is 52.5 Å². The minimum atomic E-state index is -0.461. The molecule has 1 N–H and O–H groups in total. The lowest BCUT2D eigenvalue weighted by Crippen LogP contribution is -2.07. The minimum Gasteiger partial charge on any atom is -0.378 e. The molecule has 0 saturated heterocycles. The summed E-state index contributed by atoms with van der Waals surface area (Å²) in [6.45, 7) is 1.91. The van der Waals surface area contributed by atoms with Crippen molar-refractivity contribution >= 4 is 52.1 Å². The molecular weight excluding hydrogens is 343 g/mol. The van der Waals surface area contributed by atoms with Crippen molar-refractivity contribution in [3.63, 3.8) is 0 Å². The largest absolute Gasteiger partial charge is 0.378 e. The zero-order valence-corrected chi connectivity index (χ0v) is 13.4. The van der Waals surface area contributed by atoms with Gasteiger partial charge in [-0.05, 0) is 36.8 Å². The van der Waals surface area contributed by atoms with Crippen LogP contribution in [0.2, 0.25) is 20.1 Å². The van der Waals surface area contributed by atoms with Crippen molar-refractivity contribution in [2.24, 2.45) is 0 Å². The van der Waals surface area contributed by atoms with E-state index in [1.54, 1.807) is 18.2 Å². The molecule has 6 heteroatoms. The van der Waals surface area contributed by atoms with Crippen LogP contribution in [0.5, 0.6) is 0 Å². The molecule has 0 saturated carbocycles. The van der Waals surface area contributed by atoms with Crippen molar-refractivity contribution in [3.8, 4) is 0 Å². The zero-order valence-electron chi connectivity index (χ0n) is 10.4. The van der Waals surface area contributed by atoms with E-state index in [1.165, 1.54) is 12.1 Å². The molecule has 106 valence electrons. The highest BCUT2D eigenvalue weighted by atomic mass is 35.5. The van der Waals surface area contributed by atoms with Crippen LogP contribution in [-0.4, -0.2) is 0 Å². The lowest BCUT2D eigenvalue weighted by atomic mass is 10.1. The quantitative estimate of drug-likeness (QED) is 0.612. The van der Waals surface area contributed by atoms with Gasteiger partial charge in [-0.2, -0.15) is 0 Å². The molecule has 1 nitrogen and oxygen atoms in total. The minimum absolute atomic E-state index is 0.0578. The van der Waals surface area contributed by atoms with E-state index >= 15 is 0 Å². The highest BCUT2D eigenvalue weighted by Crippen LogP contribution is 2.36. The second-order valence-electron chi connectivity index (χ2n) is 4.26. The standard InChI is InChI=1S/C14H10Cl4FN/c1-7(9-3-4-10(15)14(18)13(9)17)20-8-2-5-12(19)11(16)6-8/h2-7,20H,1H3. The summed E-state index contributed by atoms with van der Waals surface area (Å²) < 4.78 is 13.1. The summed E-state index contributed by atoms with van der Waals surface area (Å²) in [6, 6.07) is 7.74. The molecule has 0 aliphatic rings. The molecule has 0 heterocycles. The fourth-order valence-corrected chi connectivity index (χ4v) is 2.68. The van der Waals surface area contributed by atoms with Gasteiger partial charge in [0.15, 0.2) is 0 Å². The first-order valence-electron chi connectivity index (χ1n) is 5.75. The summed E-state index contributed by atoms with van der Waals surface area (Å²) in [7, 11) is 0. The van der Waals surface area contributed by atoms with Crippen LogP contribution < -0.4 is 5.32 Å². The van der Waals surface area contributed by atoms with Crippen LogP contribution in [0.15, 0.2) is 30.3 Å². The molecule has 0 fully saturated rings. The molecule has 0 radical (unpaired) electrons.